The number of nitrogens with zero attached hydrogens (tertiary/aromatic N) is 6. The fraction of sp³-hybridized carbons (Fsp3) is 0.409. The van der Waals surface area contributed by atoms with Gasteiger partial charge < -0.3 is 35.2 Å². The van der Waals surface area contributed by atoms with Crippen molar-refractivity contribution in [2.24, 2.45) is 4.99 Å². The number of alkyl carbamates (subject to hydrolysis) is 1. The molecule has 0 aliphatic carbocycles. The molecule has 13 nitrogen and oxygen atoms in total. The molecule has 5 heterocycles. The normalized spacial score (nSPS) is 20.8. The number of carboxylic acids is 1. The van der Waals surface area contributed by atoms with E-state index in [0.717, 1.165) is 91.8 Å². The fourth-order valence-corrected chi connectivity index (χ4v) is 8.38. The molecule has 0 bridgehead atoms. The summed E-state index contributed by atoms with van der Waals surface area (Å²) in [6.07, 6.45) is 17.2. The highest BCUT2D eigenvalue weighted by molar-refractivity contribution is 7.99. The van der Waals surface area contributed by atoms with Crippen molar-refractivity contribution in [3.63, 3.8) is 0 Å². The van der Waals surface area contributed by atoms with Gasteiger partial charge in [0.2, 0.25) is 0 Å². The van der Waals surface area contributed by atoms with Crippen molar-refractivity contribution in [3.8, 4) is 0 Å². The second kappa shape index (κ2) is 17.5. The lowest BCUT2D eigenvalue weighted by Crippen LogP contribution is -2.54. The Bertz CT molecular complexity index is 2080. The maximum atomic E-state index is 13.3. The van der Waals surface area contributed by atoms with Crippen molar-refractivity contribution >= 4 is 53.1 Å². The van der Waals surface area contributed by atoms with Gasteiger partial charge in [0.15, 0.2) is 6.04 Å². The quantitative estimate of drug-likeness (QED) is 0.199. The summed E-state index contributed by atoms with van der Waals surface area (Å²) in [7, 11) is 0. The van der Waals surface area contributed by atoms with E-state index in [1.807, 2.05) is 75.4 Å². The van der Waals surface area contributed by atoms with Crippen LogP contribution < -0.4 is 20.4 Å². The highest BCUT2D eigenvalue weighted by Crippen LogP contribution is 2.31. The average molecular weight is 805 g/mol. The third-order valence-corrected chi connectivity index (χ3v) is 11.8. The molecule has 4 aliphatic heterocycles. The van der Waals surface area contributed by atoms with Gasteiger partial charge in [0.05, 0.1) is 12.4 Å². The zero-order valence-corrected chi connectivity index (χ0v) is 34.4. The van der Waals surface area contributed by atoms with Gasteiger partial charge in [-0.25, -0.2) is 19.6 Å². The van der Waals surface area contributed by atoms with Gasteiger partial charge in [0, 0.05) is 72.4 Å². The average Bonchev–Trinajstić information content (AvgIpc) is 3.21. The lowest BCUT2D eigenvalue weighted by Gasteiger charge is -2.40. The van der Waals surface area contributed by atoms with Crippen LogP contribution in [0, 0.1) is 0 Å². The number of aliphatic imine (C=N–C) groups is 1. The minimum atomic E-state index is -0.935. The first-order valence-electron chi connectivity index (χ1n) is 19.9. The minimum absolute atomic E-state index is 0.168. The number of dihydropyridines is 1. The highest BCUT2D eigenvalue weighted by Gasteiger charge is 2.34. The number of benzene rings is 2. The summed E-state index contributed by atoms with van der Waals surface area (Å²) in [5, 5.41) is 16.0. The Morgan fingerprint density at radius 2 is 1.69 bits per heavy atom. The maximum Gasteiger partial charge on any atom is 0.408 e. The lowest BCUT2D eigenvalue weighted by atomic mass is 9.90. The second-order valence-corrected chi connectivity index (χ2v) is 17.5. The summed E-state index contributed by atoms with van der Waals surface area (Å²) in [5.41, 5.74) is 3.69. The van der Waals surface area contributed by atoms with E-state index >= 15 is 0 Å². The molecule has 3 N–H and O–H groups in total. The van der Waals surface area contributed by atoms with Crippen LogP contribution in [0.4, 0.5) is 22.0 Å². The molecular formula is C44H52N8O5S. The number of carboxylic acid groups (broad SMARTS) is 1. The number of rotatable bonds is 9. The number of amides is 2. The van der Waals surface area contributed by atoms with E-state index in [-0.39, 0.29) is 11.4 Å². The molecule has 0 saturated carbocycles. The van der Waals surface area contributed by atoms with Crippen LogP contribution in [0.15, 0.2) is 111 Å². The van der Waals surface area contributed by atoms with Crippen molar-refractivity contribution in [2.75, 3.05) is 47.8 Å². The number of carbonyl (C=O) groups is 3. The molecule has 2 amide bonds. The number of aromatic nitrogens is 2. The molecule has 2 aromatic carbocycles. The van der Waals surface area contributed by atoms with E-state index in [4.69, 9.17) is 9.84 Å². The largest absolute Gasteiger partial charge is 0.479 e. The molecule has 304 valence electrons. The zero-order valence-electron chi connectivity index (χ0n) is 33.6. The van der Waals surface area contributed by atoms with Crippen LogP contribution in [0.2, 0.25) is 0 Å². The van der Waals surface area contributed by atoms with Crippen LogP contribution in [0.5, 0.6) is 0 Å². The lowest BCUT2D eigenvalue weighted by molar-refractivity contribution is -0.137. The van der Waals surface area contributed by atoms with Crippen molar-refractivity contribution in [1.82, 2.24) is 20.2 Å². The Balaban J connectivity index is 0.857. The molecule has 14 heteroatoms. The third kappa shape index (κ3) is 10.5. The van der Waals surface area contributed by atoms with Crippen molar-refractivity contribution in [2.45, 2.75) is 92.9 Å². The molecule has 58 heavy (non-hydrogen) atoms. The summed E-state index contributed by atoms with van der Waals surface area (Å²) < 4.78 is 5.46. The van der Waals surface area contributed by atoms with Gasteiger partial charge in [-0.2, -0.15) is 0 Å². The van der Waals surface area contributed by atoms with Gasteiger partial charge in [0.1, 0.15) is 16.4 Å². The van der Waals surface area contributed by atoms with E-state index in [1.165, 1.54) is 17.3 Å². The molecule has 2 fully saturated rings. The van der Waals surface area contributed by atoms with Gasteiger partial charge in [-0.1, -0.05) is 23.9 Å². The summed E-state index contributed by atoms with van der Waals surface area (Å²) in [5.74, 6) is -0.304. The first-order chi connectivity index (χ1) is 27.8. The molecule has 7 rings (SSSR count). The van der Waals surface area contributed by atoms with Crippen molar-refractivity contribution < 1.29 is 24.2 Å². The molecular weight excluding hydrogens is 753 g/mol. The Morgan fingerprint density at radius 3 is 2.31 bits per heavy atom. The molecule has 2 saturated heterocycles. The Morgan fingerprint density at radius 1 is 0.931 bits per heavy atom. The number of allylic oxidation sites excluding steroid dienone is 3. The van der Waals surface area contributed by atoms with Crippen LogP contribution in [0.1, 0.15) is 70.2 Å². The number of hydrogen-bond donors (Lipinski definition) is 3. The van der Waals surface area contributed by atoms with Crippen LogP contribution >= 0.6 is 11.8 Å². The zero-order chi connectivity index (χ0) is 40.9. The summed E-state index contributed by atoms with van der Waals surface area (Å²) in [4.78, 5) is 58.2. The van der Waals surface area contributed by atoms with E-state index < -0.39 is 23.7 Å². The Hall–Kier alpha value is -5.63. The van der Waals surface area contributed by atoms with Crippen molar-refractivity contribution in [3.05, 3.63) is 102 Å². The van der Waals surface area contributed by atoms with Gasteiger partial charge in [-0.15, -0.1) is 0 Å². The molecule has 1 atom stereocenters. The second-order valence-electron chi connectivity index (χ2n) is 16.4. The molecule has 4 aliphatic rings. The standard InChI is InChI=1S/C44H52N8O5S/c1-43(2,3)57-42(56)49-44(4)18-24-52(25-19-44)38-28-47-39(29-46-38)58-36-7-5-6-33(26-36)48-40(53)31-8-11-34(12-9-31)51-22-16-35(17-23-51)50-20-14-30(15-21-50)32-10-13-37(41(54)55)45-27-32/h5-14,20,26-29,35,37H,15-19,21-25H2,1-4H3,(H,48,53)(H,49,56)(H,54,55). The van der Waals surface area contributed by atoms with Crippen LogP contribution in [-0.4, -0.2) is 100 Å². The van der Waals surface area contributed by atoms with Crippen LogP contribution in [0.25, 0.3) is 0 Å². The number of nitrogens with one attached hydrogen (secondary N) is 2. The topological polar surface area (TPSA) is 153 Å². The predicted octanol–water partition coefficient (Wildman–Crippen LogP) is 7.34. The Labute approximate surface area is 344 Å². The summed E-state index contributed by atoms with van der Waals surface area (Å²) in [6, 6.07) is 15.2. The number of carbonyl (C=O) groups excluding carboxylic acids is 2. The van der Waals surface area contributed by atoms with Gasteiger partial charge >= 0.3 is 12.1 Å². The SMILES string of the molecule is CC1(NC(=O)OC(C)(C)C)CCN(c2cnc(Sc3cccc(NC(=O)c4ccc(N5CCC(N6C=CC(=C7C=CC(C(=O)O)N=C7)CC6)CC5)cc4)c3)cn2)CC1. The molecule has 1 aromatic heterocycles. The van der Waals surface area contributed by atoms with E-state index in [9.17, 15) is 14.4 Å². The van der Waals surface area contributed by atoms with Gasteiger partial charge in [-0.05, 0) is 132 Å². The number of aliphatic carboxylic acids is 1. The molecule has 0 radical (unpaired) electrons. The number of anilines is 3. The molecule has 0 spiro atoms. The van der Waals surface area contributed by atoms with Gasteiger partial charge in [-0.3, -0.25) is 9.79 Å². The first kappa shape index (κ1) is 40.6. The molecule has 3 aromatic rings. The fourth-order valence-electron chi connectivity index (χ4n) is 7.59. The summed E-state index contributed by atoms with van der Waals surface area (Å²) in [6.45, 7) is 11.9. The Kier molecular flexibility index (Phi) is 12.2. The highest BCUT2D eigenvalue weighted by atomic mass is 32.2. The monoisotopic (exact) mass is 804 g/mol. The number of piperidine rings is 2. The summed E-state index contributed by atoms with van der Waals surface area (Å²) >= 11 is 1.48. The van der Waals surface area contributed by atoms with E-state index in [0.29, 0.717) is 17.3 Å². The smallest absolute Gasteiger partial charge is 0.408 e. The minimum Gasteiger partial charge on any atom is -0.479 e. The third-order valence-electron chi connectivity index (χ3n) is 10.9. The number of ether oxygens (including phenoxy) is 1. The molecule has 1 unspecified atom stereocenters. The number of hydrogen-bond acceptors (Lipinski definition) is 11. The van der Waals surface area contributed by atoms with Crippen LogP contribution in [-0.2, 0) is 9.53 Å². The van der Waals surface area contributed by atoms with Crippen molar-refractivity contribution in [1.29, 1.82) is 0 Å². The van der Waals surface area contributed by atoms with Gasteiger partial charge in [0.25, 0.3) is 5.91 Å². The van der Waals surface area contributed by atoms with E-state index in [1.54, 1.807) is 24.7 Å². The maximum absolute atomic E-state index is 13.3. The van der Waals surface area contributed by atoms with Crippen LogP contribution in [0.3, 0.4) is 0 Å². The van der Waals surface area contributed by atoms with E-state index in [2.05, 4.69) is 59.5 Å². The predicted molar refractivity (Wildman–Crippen MR) is 228 cm³/mol. The first-order valence-corrected chi connectivity index (χ1v) is 20.7.